The van der Waals surface area contributed by atoms with Crippen LogP contribution in [0.3, 0.4) is 0 Å². The van der Waals surface area contributed by atoms with Gasteiger partial charge in [0.1, 0.15) is 12.1 Å². The number of hydrogen-bond acceptors (Lipinski definition) is 4. The van der Waals surface area contributed by atoms with Gasteiger partial charge in [0.2, 0.25) is 0 Å². The molecule has 0 aromatic carbocycles. The van der Waals surface area contributed by atoms with Crippen LogP contribution in [0.15, 0.2) is 42.0 Å². The Bertz CT molecular complexity index is 570. The summed E-state index contributed by atoms with van der Waals surface area (Å²) in [5.74, 6) is 1.62. The smallest absolute Gasteiger partial charge is 0.191 e. The van der Waals surface area contributed by atoms with E-state index in [1.165, 1.54) is 0 Å². The van der Waals surface area contributed by atoms with E-state index in [1.54, 1.807) is 26.7 Å². The van der Waals surface area contributed by atoms with Crippen LogP contribution < -0.4 is 10.6 Å². The largest absolute Gasteiger partial charge is 0.385 e. The number of nitrogens with one attached hydrogen (secondary N) is 2. The van der Waals surface area contributed by atoms with Crippen molar-refractivity contribution in [2.24, 2.45) is 4.99 Å². The third-order valence-corrected chi connectivity index (χ3v) is 3.08. The van der Waals surface area contributed by atoms with Gasteiger partial charge in [-0.3, -0.25) is 9.56 Å². The topological polar surface area (TPSA) is 76.4 Å². The first kappa shape index (κ1) is 19.4. The van der Waals surface area contributed by atoms with E-state index in [0.29, 0.717) is 6.54 Å². The molecule has 2 rings (SSSR count). The molecule has 0 unspecified atom stereocenters. The molecule has 126 valence electrons. The first-order valence-corrected chi connectivity index (χ1v) is 7.20. The second-order valence-electron chi connectivity index (χ2n) is 4.69. The number of guanidine groups is 1. The second kappa shape index (κ2) is 10.9. The Morgan fingerprint density at radius 3 is 2.83 bits per heavy atom. The molecule has 2 aromatic rings. The molecular weight excluding hydrogens is 407 g/mol. The van der Waals surface area contributed by atoms with Crippen LogP contribution in [0.25, 0.3) is 5.82 Å². The van der Waals surface area contributed by atoms with Crippen molar-refractivity contribution in [3.05, 3.63) is 42.6 Å². The minimum absolute atomic E-state index is 0. The van der Waals surface area contributed by atoms with Gasteiger partial charge in [-0.1, -0.05) is 6.07 Å². The minimum atomic E-state index is 0. The van der Waals surface area contributed by atoms with Crippen LogP contribution in [0.5, 0.6) is 0 Å². The molecule has 2 heterocycles. The highest BCUT2D eigenvalue weighted by Crippen LogP contribution is 2.05. The Kier molecular flexibility index (Phi) is 9.22. The number of halogens is 1. The lowest BCUT2D eigenvalue weighted by atomic mass is 10.3. The van der Waals surface area contributed by atoms with E-state index < -0.39 is 0 Å². The molecule has 0 bridgehead atoms. The van der Waals surface area contributed by atoms with Gasteiger partial charge in [-0.2, -0.15) is 0 Å². The van der Waals surface area contributed by atoms with Gasteiger partial charge in [0, 0.05) is 52.4 Å². The molecule has 0 amide bonds. The second-order valence-corrected chi connectivity index (χ2v) is 4.69. The average molecular weight is 430 g/mol. The van der Waals surface area contributed by atoms with Gasteiger partial charge in [0.15, 0.2) is 5.96 Å². The summed E-state index contributed by atoms with van der Waals surface area (Å²) in [4.78, 5) is 12.6. The van der Waals surface area contributed by atoms with Crippen LogP contribution >= 0.6 is 24.0 Å². The lowest BCUT2D eigenvalue weighted by molar-refractivity contribution is 0.195. The molecular formula is C15H23IN6O. The van der Waals surface area contributed by atoms with Crippen molar-refractivity contribution in [1.82, 2.24) is 25.2 Å². The van der Waals surface area contributed by atoms with Crippen molar-refractivity contribution in [2.75, 3.05) is 27.3 Å². The van der Waals surface area contributed by atoms with E-state index in [4.69, 9.17) is 4.74 Å². The average Bonchev–Trinajstić information content (AvgIpc) is 3.09. The van der Waals surface area contributed by atoms with Crippen LogP contribution in [-0.4, -0.2) is 47.8 Å². The lowest BCUT2D eigenvalue weighted by Crippen LogP contribution is -2.37. The van der Waals surface area contributed by atoms with Crippen LogP contribution in [0.1, 0.15) is 12.0 Å². The molecule has 0 aliphatic heterocycles. The van der Waals surface area contributed by atoms with Crippen molar-refractivity contribution in [2.45, 2.75) is 13.0 Å². The van der Waals surface area contributed by atoms with Crippen LogP contribution in [-0.2, 0) is 11.3 Å². The summed E-state index contributed by atoms with van der Waals surface area (Å²) >= 11 is 0. The normalized spacial score (nSPS) is 11.0. The molecule has 0 saturated carbocycles. The van der Waals surface area contributed by atoms with Gasteiger partial charge in [0.05, 0.1) is 0 Å². The number of imidazole rings is 1. The van der Waals surface area contributed by atoms with Gasteiger partial charge in [-0.05, 0) is 18.1 Å². The van der Waals surface area contributed by atoms with Crippen molar-refractivity contribution in [3.63, 3.8) is 0 Å². The third kappa shape index (κ3) is 6.53. The van der Waals surface area contributed by atoms with E-state index in [1.807, 2.05) is 29.1 Å². The summed E-state index contributed by atoms with van der Waals surface area (Å²) in [6.45, 7) is 2.23. The quantitative estimate of drug-likeness (QED) is 0.302. The molecule has 0 radical (unpaired) electrons. The number of aliphatic imine (C=N–C) groups is 1. The molecule has 0 atom stereocenters. The molecule has 2 aromatic heterocycles. The predicted molar refractivity (Wildman–Crippen MR) is 101 cm³/mol. The monoisotopic (exact) mass is 430 g/mol. The number of rotatable bonds is 7. The Balaban J connectivity index is 0.00000264. The van der Waals surface area contributed by atoms with Crippen molar-refractivity contribution < 1.29 is 4.74 Å². The molecule has 0 saturated heterocycles. The minimum Gasteiger partial charge on any atom is -0.385 e. The van der Waals surface area contributed by atoms with E-state index in [0.717, 1.165) is 36.9 Å². The number of pyridine rings is 1. The number of aromatic nitrogens is 3. The van der Waals surface area contributed by atoms with Gasteiger partial charge in [-0.25, -0.2) is 9.97 Å². The molecule has 0 aliphatic rings. The molecule has 8 heteroatoms. The van der Waals surface area contributed by atoms with Gasteiger partial charge >= 0.3 is 0 Å². The highest BCUT2D eigenvalue weighted by atomic mass is 127. The van der Waals surface area contributed by atoms with Gasteiger partial charge in [-0.15, -0.1) is 24.0 Å². The zero-order valence-corrected chi connectivity index (χ0v) is 15.7. The van der Waals surface area contributed by atoms with Crippen molar-refractivity contribution >= 4 is 29.9 Å². The number of hydrogen-bond donors (Lipinski definition) is 2. The maximum atomic E-state index is 5.01. The highest BCUT2D eigenvalue weighted by Gasteiger charge is 2.00. The summed E-state index contributed by atoms with van der Waals surface area (Å²) in [7, 11) is 3.46. The maximum Gasteiger partial charge on any atom is 0.191 e. The number of nitrogens with zero attached hydrogens (tertiary/aromatic N) is 4. The van der Waals surface area contributed by atoms with E-state index in [-0.39, 0.29) is 24.0 Å². The molecule has 0 spiro atoms. The first-order valence-electron chi connectivity index (χ1n) is 7.20. The van der Waals surface area contributed by atoms with Crippen LogP contribution in [0.4, 0.5) is 0 Å². The Hall–Kier alpha value is -1.68. The summed E-state index contributed by atoms with van der Waals surface area (Å²) in [6, 6.07) is 4.00. The summed E-state index contributed by atoms with van der Waals surface area (Å²) in [6.07, 6.45) is 8.12. The number of ether oxygens (including phenoxy) is 1. The Morgan fingerprint density at radius 1 is 1.35 bits per heavy atom. The molecule has 0 fully saturated rings. The Labute approximate surface area is 153 Å². The van der Waals surface area contributed by atoms with Gasteiger partial charge in [0.25, 0.3) is 0 Å². The number of methoxy groups -OCH3 is 1. The molecule has 0 aliphatic carbocycles. The van der Waals surface area contributed by atoms with Crippen molar-refractivity contribution in [3.8, 4) is 5.82 Å². The molecule has 7 nitrogen and oxygen atoms in total. The van der Waals surface area contributed by atoms with E-state index in [2.05, 4.69) is 25.6 Å². The fraction of sp³-hybridized carbons (Fsp3) is 0.400. The Morgan fingerprint density at radius 2 is 2.22 bits per heavy atom. The fourth-order valence-corrected chi connectivity index (χ4v) is 1.90. The highest BCUT2D eigenvalue weighted by molar-refractivity contribution is 14.0. The SMILES string of the molecule is CN=C(NCCCOC)NCc1ccc(-n2ccnc2)nc1.I. The zero-order valence-electron chi connectivity index (χ0n) is 13.4. The summed E-state index contributed by atoms with van der Waals surface area (Å²) in [5, 5.41) is 6.49. The maximum absolute atomic E-state index is 5.01. The van der Waals surface area contributed by atoms with Gasteiger partial charge < -0.3 is 15.4 Å². The fourth-order valence-electron chi connectivity index (χ4n) is 1.90. The van der Waals surface area contributed by atoms with E-state index in [9.17, 15) is 0 Å². The lowest BCUT2D eigenvalue weighted by Gasteiger charge is -2.11. The summed E-state index contributed by atoms with van der Waals surface area (Å²) in [5.41, 5.74) is 1.09. The summed E-state index contributed by atoms with van der Waals surface area (Å²) < 4.78 is 6.88. The molecule has 23 heavy (non-hydrogen) atoms. The first-order chi connectivity index (χ1) is 10.8. The molecule has 2 N–H and O–H groups in total. The van der Waals surface area contributed by atoms with Crippen molar-refractivity contribution in [1.29, 1.82) is 0 Å². The standard InChI is InChI=1S/C15H22N6O.HI/c1-16-15(18-6-3-9-22-2)20-11-13-4-5-14(19-10-13)21-8-7-17-12-21;/h4-5,7-8,10,12H,3,6,9,11H2,1-2H3,(H2,16,18,20);1H. The predicted octanol–water partition coefficient (Wildman–Crippen LogP) is 1.59. The van der Waals surface area contributed by atoms with Crippen LogP contribution in [0, 0.1) is 0 Å². The van der Waals surface area contributed by atoms with E-state index >= 15 is 0 Å². The third-order valence-electron chi connectivity index (χ3n) is 3.08. The zero-order chi connectivity index (χ0) is 15.6. The van der Waals surface area contributed by atoms with Crippen LogP contribution in [0.2, 0.25) is 0 Å².